The molecule has 0 bridgehead atoms. The Labute approximate surface area is 156 Å². The van der Waals surface area contributed by atoms with E-state index < -0.39 is 0 Å². The van der Waals surface area contributed by atoms with E-state index in [1.165, 1.54) is 0 Å². The molecule has 0 saturated heterocycles. The van der Waals surface area contributed by atoms with E-state index in [4.69, 9.17) is 23.2 Å². The van der Waals surface area contributed by atoms with Crippen LogP contribution in [0.4, 0.5) is 5.95 Å². The van der Waals surface area contributed by atoms with Gasteiger partial charge in [-0.1, -0.05) is 62.4 Å². The van der Waals surface area contributed by atoms with Crippen molar-refractivity contribution in [2.45, 2.75) is 6.04 Å². The highest BCUT2D eigenvalue weighted by atomic mass is 79.9. The van der Waals surface area contributed by atoms with E-state index >= 15 is 0 Å². The summed E-state index contributed by atoms with van der Waals surface area (Å²) < 4.78 is 2.73. The lowest BCUT2D eigenvalue weighted by molar-refractivity contribution is 0.586. The molecule has 0 amide bonds. The molecule has 4 rings (SSSR count). The first-order valence-electron chi connectivity index (χ1n) is 7.09. The van der Waals surface area contributed by atoms with Gasteiger partial charge >= 0.3 is 0 Å². The van der Waals surface area contributed by atoms with Crippen molar-refractivity contribution in [3.63, 3.8) is 0 Å². The molecule has 24 heavy (non-hydrogen) atoms. The quantitative estimate of drug-likeness (QED) is 0.644. The number of fused-ring (bicyclic) bond motifs is 1. The van der Waals surface area contributed by atoms with Crippen LogP contribution in [0.25, 0.3) is 5.70 Å². The number of aromatic nitrogens is 4. The molecular weight excluding hydrogens is 413 g/mol. The summed E-state index contributed by atoms with van der Waals surface area (Å²) in [7, 11) is 0. The van der Waals surface area contributed by atoms with Gasteiger partial charge in [0, 0.05) is 10.2 Å². The zero-order valence-corrected chi connectivity index (χ0v) is 15.2. The molecule has 1 N–H and O–H groups in total. The summed E-state index contributed by atoms with van der Waals surface area (Å²) in [6, 6.07) is 13.4. The minimum absolute atomic E-state index is 0.176. The summed E-state index contributed by atoms with van der Waals surface area (Å²) in [4.78, 5) is 0. The molecule has 8 heteroatoms. The summed E-state index contributed by atoms with van der Waals surface area (Å²) in [6.45, 7) is 0. The molecule has 5 nitrogen and oxygen atoms in total. The minimum Gasteiger partial charge on any atom is -0.323 e. The second-order valence-electron chi connectivity index (χ2n) is 5.28. The van der Waals surface area contributed by atoms with Gasteiger partial charge in [0.05, 0.1) is 10.0 Å². The van der Waals surface area contributed by atoms with Crippen LogP contribution in [0.3, 0.4) is 0 Å². The molecule has 2 aromatic carbocycles. The van der Waals surface area contributed by atoms with Crippen molar-refractivity contribution in [2.24, 2.45) is 0 Å². The Kier molecular flexibility index (Phi) is 4.04. The number of rotatable bonds is 2. The molecular formula is C16H10BrCl2N5. The van der Waals surface area contributed by atoms with E-state index in [1.807, 2.05) is 36.4 Å². The fourth-order valence-electron chi connectivity index (χ4n) is 2.59. The summed E-state index contributed by atoms with van der Waals surface area (Å²) >= 11 is 15.6. The van der Waals surface area contributed by atoms with Crippen molar-refractivity contribution in [3.8, 4) is 0 Å². The van der Waals surface area contributed by atoms with E-state index in [0.717, 1.165) is 21.3 Å². The molecule has 0 aliphatic carbocycles. The minimum atomic E-state index is -0.176. The Balaban J connectivity index is 1.81. The number of hydrogen-bond acceptors (Lipinski definition) is 4. The molecule has 1 aromatic heterocycles. The SMILES string of the molecule is Clc1ccc([C@H]2C=C(c3ccc(Br)cc3)Nc3nnnn32)cc1Cl. The number of allylic oxidation sites excluding steroid dienone is 1. The predicted octanol–water partition coefficient (Wildman–Crippen LogP) is 4.80. The van der Waals surface area contributed by atoms with Crippen molar-refractivity contribution in [1.29, 1.82) is 0 Å². The topological polar surface area (TPSA) is 55.6 Å². The average Bonchev–Trinajstić information content (AvgIpc) is 3.06. The fraction of sp³-hybridized carbons (Fsp3) is 0.0625. The van der Waals surface area contributed by atoms with Crippen LogP contribution in [0.2, 0.25) is 10.0 Å². The fourth-order valence-corrected chi connectivity index (χ4v) is 3.16. The van der Waals surface area contributed by atoms with Gasteiger partial charge in [-0.15, -0.1) is 0 Å². The zero-order chi connectivity index (χ0) is 16.7. The second-order valence-corrected chi connectivity index (χ2v) is 7.01. The molecule has 2 heterocycles. The van der Waals surface area contributed by atoms with E-state index in [-0.39, 0.29) is 6.04 Å². The molecule has 0 saturated carbocycles. The van der Waals surface area contributed by atoms with Gasteiger partial charge in [0.25, 0.3) is 0 Å². The molecule has 0 unspecified atom stereocenters. The number of benzene rings is 2. The molecule has 0 spiro atoms. The molecule has 1 atom stereocenters. The number of halogens is 3. The van der Waals surface area contributed by atoms with Gasteiger partial charge in [-0.05, 0) is 51.9 Å². The van der Waals surface area contributed by atoms with Crippen molar-refractivity contribution in [3.05, 3.63) is 74.2 Å². The van der Waals surface area contributed by atoms with E-state index in [0.29, 0.717) is 16.0 Å². The third-order valence-corrected chi connectivity index (χ3v) is 5.04. The monoisotopic (exact) mass is 421 g/mol. The first kappa shape index (κ1) is 15.6. The van der Waals surface area contributed by atoms with Gasteiger partial charge in [-0.3, -0.25) is 0 Å². The van der Waals surface area contributed by atoms with E-state index in [1.54, 1.807) is 10.7 Å². The number of nitrogens with zero attached hydrogens (tertiary/aromatic N) is 4. The number of nitrogens with one attached hydrogen (secondary N) is 1. The first-order chi connectivity index (χ1) is 11.6. The molecule has 0 fully saturated rings. The highest BCUT2D eigenvalue weighted by Crippen LogP contribution is 2.34. The van der Waals surface area contributed by atoms with Gasteiger partial charge in [-0.2, -0.15) is 4.68 Å². The Bertz CT molecular complexity index is 936. The Hall–Kier alpha value is -1.89. The second kappa shape index (κ2) is 6.20. The molecule has 3 aromatic rings. The maximum absolute atomic E-state index is 6.17. The van der Waals surface area contributed by atoms with Crippen LogP contribution in [0.5, 0.6) is 0 Å². The zero-order valence-electron chi connectivity index (χ0n) is 12.1. The lowest BCUT2D eigenvalue weighted by Gasteiger charge is -2.23. The summed E-state index contributed by atoms with van der Waals surface area (Å²) in [5, 5.41) is 16.2. The van der Waals surface area contributed by atoms with E-state index in [9.17, 15) is 0 Å². The molecule has 1 aliphatic heterocycles. The Morgan fingerprint density at radius 1 is 1.04 bits per heavy atom. The van der Waals surface area contributed by atoms with Crippen LogP contribution in [0, 0.1) is 0 Å². The van der Waals surface area contributed by atoms with Crippen molar-refractivity contribution >= 4 is 50.8 Å². The maximum atomic E-state index is 6.17. The summed E-state index contributed by atoms with van der Waals surface area (Å²) in [6.07, 6.45) is 2.06. The lowest BCUT2D eigenvalue weighted by atomic mass is 10.0. The Morgan fingerprint density at radius 3 is 2.58 bits per heavy atom. The smallest absolute Gasteiger partial charge is 0.248 e. The highest BCUT2D eigenvalue weighted by Gasteiger charge is 2.24. The predicted molar refractivity (Wildman–Crippen MR) is 98.2 cm³/mol. The van der Waals surface area contributed by atoms with Gasteiger partial charge in [0.15, 0.2) is 0 Å². The van der Waals surface area contributed by atoms with Crippen molar-refractivity contribution < 1.29 is 0 Å². The summed E-state index contributed by atoms with van der Waals surface area (Å²) in [5.74, 6) is 0.575. The van der Waals surface area contributed by atoms with E-state index in [2.05, 4.69) is 42.8 Å². The third-order valence-electron chi connectivity index (χ3n) is 3.77. The normalized spacial score (nSPS) is 16.3. The third kappa shape index (κ3) is 2.81. The summed E-state index contributed by atoms with van der Waals surface area (Å²) in [5.41, 5.74) is 2.92. The van der Waals surface area contributed by atoms with Gasteiger partial charge < -0.3 is 5.32 Å². The molecule has 1 aliphatic rings. The molecule has 120 valence electrons. The first-order valence-corrected chi connectivity index (χ1v) is 8.64. The lowest BCUT2D eigenvalue weighted by Crippen LogP contribution is -2.20. The maximum Gasteiger partial charge on any atom is 0.248 e. The van der Waals surface area contributed by atoms with Crippen molar-refractivity contribution in [1.82, 2.24) is 20.2 Å². The number of hydrogen-bond donors (Lipinski definition) is 1. The molecule has 0 radical (unpaired) electrons. The van der Waals surface area contributed by atoms with Crippen LogP contribution in [0.1, 0.15) is 17.2 Å². The largest absolute Gasteiger partial charge is 0.323 e. The number of anilines is 1. The highest BCUT2D eigenvalue weighted by molar-refractivity contribution is 9.10. The number of tetrazole rings is 1. The van der Waals surface area contributed by atoms with Crippen LogP contribution in [-0.2, 0) is 0 Å². The van der Waals surface area contributed by atoms with Crippen LogP contribution in [0.15, 0.2) is 53.0 Å². The van der Waals surface area contributed by atoms with Crippen molar-refractivity contribution in [2.75, 3.05) is 5.32 Å². The standard InChI is InChI=1S/C16H10BrCl2N5/c17-11-4-1-9(2-5-11)14-8-15(24-16(20-14)21-22-23-24)10-3-6-12(18)13(19)7-10/h1-8,15H,(H,20,21,23)/t15-/m1/s1. The van der Waals surface area contributed by atoms with Gasteiger partial charge in [0.2, 0.25) is 5.95 Å². The van der Waals surface area contributed by atoms with Crippen LogP contribution in [-0.4, -0.2) is 20.2 Å². The van der Waals surface area contributed by atoms with Crippen LogP contribution < -0.4 is 5.32 Å². The van der Waals surface area contributed by atoms with Crippen LogP contribution >= 0.6 is 39.1 Å². The van der Waals surface area contributed by atoms with Gasteiger partial charge in [0.1, 0.15) is 6.04 Å². The van der Waals surface area contributed by atoms with Gasteiger partial charge in [-0.25, -0.2) is 0 Å². The Morgan fingerprint density at radius 2 is 1.83 bits per heavy atom. The average molecular weight is 423 g/mol.